The molecule has 1 amide bonds. The SMILES string of the molecule is CN(C)CC(=O)NC1CCCCC1O. The first-order chi connectivity index (χ1) is 6.59. The van der Waals surface area contributed by atoms with Gasteiger partial charge in [0.2, 0.25) is 5.91 Å². The molecule has 0 aromatic rings. The molecule has 1 aliphatic rings. The molecule has 1 saturated carbocycles. The van der Waals surface area contributed by atoms with E-state index in [0.717, 1.165) is 25.7 Å². The van der Waals surface area contributed by atoms with Crippen molar-refractivity contribution in [1.82, 2.24) is 10.2 Å². The van der Waals surface area contributed by atoms with Crippen LogP contribution in [-0.2, 0) is 4.79 Å². The maximum absolute atomic E-state index is 11.4. The fourth-order valence-electron chi connectivity index (χ4n) is 1.82. The number of nitrogens with zero attached hydrogens (tertiary/aromatic N) is 1. The molecule has 4 nitrogen and oxygen atoms in total. The van der Waals surface area contributed by atoms with E-state index in [1.807, 2.05) is 19.0 Å². The molecule has 0 aromatic heterocycles. The lowest BCUT2D eigenvalue weighted by Gasteiger charge is -2.28. The monoisotopic (exact) mass is 200 g/mol. The van der Waals surface area contributed by atoms with Gasteiger partial charge in [-0.1, -0.05) is 12.8 Å². The van der Waals surface area contributed by atoms with Crippen LogP contribution in [0, 0.1) is 0 Å². The molecule has 1 aliphatic carbocycles. The van der Waals surface area contributed by atoms with Gasteiger partial charge in [-0.3, -0.25) is 4.79 Å². The predicted molar refractivity (Wildman–Crippen MR) is 55.0 cm³/mol. The average molecular weight is 200 g/mol. The maximum Gasteiger partial charge on any atom is 0.234 e. The second-order valence-corrected chi connectivity index (χ2v) is 4.26. The number of carbonyl (C=O) groups is 1. The number of hydrogen-bond donors (Lipinski definition) is 2. The minimum Gasteiger partial charge on any atom is -0.391 e. The molecule has 0 saturated heterocycles. The minimum absolute atomic E-state index is 0.000880. The third-order valence-corrected chi connectivity index (χ3v) is 2.54. The third kappa shape index (κ3) is 3.64. The molecule has 14 heavy (non-hydrogen) atoms. The summed E-state index contributed by atoms with van der Waals surface area (Å²) in [6.07, 6.45) is 3.54. The van der Waals surface area contributed by atoms with Crippen LogP contribution in [0.25, 0.3) is 0 Å². The second kappa shape index (κ2) is 5.32. The van der Waals surface area contributed by atoms with Gasteiger partial charge >= 0.3 is 0 Å². The Kier molecular flexibility index (Phi) is 4.35. The molecule has 0 bridgehead atoms. The first kappa shape index (κ1) is 11.5. The number of rotatable bonds is 3. The zero-order valence-corrected chi connectivity index (χ0v) is 8.99. The van der Waals surface area contributed by atoms with E-state index in [2.05, 4.69) is 5.32 Å². The molecule has 1 rings (SSSR count). The van der Waals surface area contributed by atoms with Gasteiger partial charge in [0.15, 0.2) is 0 Å². The molecule has 2 unspecified atom stereocenters. The number of amides is 1. The first-order valence-electron chi connectivity index (χ1n) is 5.22. The van der Waals surface area contributed by atoms with Crippen molar-refractivity contribution in [2.45, 2.75) is 37.8 Å². The highest BCUT2D eigenvalue weighted by Gasteiger charge is 2.24. The first-order valence-corrected chi connectivity index (χ1v) is 5.22. The van der Waals surface area contributed by atoms with E-state index in [1.165, 1.54) is 0 Å². The molecule has 2 N–H and O–H groups in total. The van der Waals surface area contributed by atoms with E-state index < -0.39 is 0 Å². The smallest absolute Gasteiger partial charge is 0.234 e. The number of aliphatic hydroxyl groups excluding tert-OH is 1. The van der Waals surface area contributed by atoms with E-state index in [0.29, 0.717) is 6.54 Å². The third-order valence-electron chi connectivity index (χ3n) is 2.54. The van der Waals surface area contributed by atoms with Crippen LogP contribution < -0.4 is 5.32 Å². The van der Waals surface area contributed by atoms with Gasteiger partial charge in [-0.2, -0.15) is 0 Å². The number of likely N-dealkylation sites (N-methyl/N-ethyl adjacent to an activating group) is 1. The zero-order chi connectivity index (χ0) is 10.6. The fourth-order valence-corrected chi connectivity index (χ4v) is 1.82. The number of nitrogens with one attached hydrogen (secondary N) is 1. The van der Waals surface area contributed by atoms with Crippen LogP contribution in [0.15, 0.2) is 0 Å². The molecular formula is C10H20N2O2. The van der Waals surface area contributed by atoms with Gasteiger partial charge in [-0.25, -0.2) is 0 Å². The van der Waals surface area contributed by atoms with Crippen LogP contribution in [0.2, 0.25) is 0 Å². The van der Waals surface area contributed by atoms with Crippen molar-refractivity contribution in [2.24, 2.45) is 0 Å². The summed E-state index contributed by atoms with van der Waals surface area (Å²) < 4.78 is 0. The van der Waals surface area contributed by atoms with Crippen LogP contribution in [0.4, 0.5) is 0 Å². The van der Waals surface area contributed by atoms with Gasteiger partial charge in [-0.05, 0) is 26.9 Å². The lowest BCUT2D eigenvalue weighted by molar-refractivity contribution is -0.123. The zero-order valence-electron chi connectivity index (χ0n) is 8.99. The van der Waals surface area contributed by atoms with E-state index in [1.54, 1.807) is 0 Å². The summed E-state index contributed by atoms with van der Waals surface area (Å²) in [4.78, 5) is 13.2. The van der Waals surface area contributed by atoms with Gasteiger partial charge in [-0.15, -0.1) is 0 Å². The van der Waals surface area contributed by atoms with Gasteiger partial charge in [0.1, 0.15) is 0 Å². The highest BCUT2D eigenvalue weighted by molar-refractivity contribution is 5.78. The van der Waals surface area contributed by atoms with Crippen molar-refractivity contribution in [3.8, 4) is 0 Å². The van der Waals surface area contributed by atoms with E-state index in [-0.39, 0.29) is 18.1 Å². The predicted octanol–water partition coefficient (Wildman–Crippen LogP) is -0.0323. The summed E-state index contributed by atoms with van der Waals surface area (Å²) in [6.45, 7) is 0.392. The van der Waals surface area contributed by atoms with Crippen molar-refractivity contribution < 1.29 is 9.90 Å². The Morgan fingerprint density at radius 1 is 1.43 bits per heavy atom. The summed E-state index contributed by atoms with van der Waals surface area (Å²) in [5.41, 5.74) is 0. The average Bonchev–Trinajstić information content (AvgIpc) is 2.07. The Morgan fingerprint density at radius 2 is 2.07 bits per heavy atom. The molecule has 2 atom stereocenters. The van der Waals surface area contributed by atoms with Crippen LogP contribution in [0.3, 0.4) is 0 Å². The van der Waals surface area contributed by atoms with Crippen LogP contribution >= 0.6 is 0 Å². The Hall–Kier alpha value is -0.610. The summed E-state index contributed by atoms with van der Waals surface area (Å²) in [7, 11) is 3.72. The van der Waals surface area contributed by atoms with Crippen molar-refractivity contribution in [3.05, 3.63) is 0 Å². The van der Waals surface area contributed by atoms with Crippen molar-refractivity contribution in [2.75, 3.05) is 20.6 Å². The number of hydrogen-bond acceptors (Lipinski definition) is 3. The standard InChI is InChI=1S/C10H20N2O2/c1-12(2)7-10(14)11-8-5-3-4-6-9(8)13/h8-9,13H,3-7H2,1-2H3,(H,11,14). The lowest BCUT2D eigenvalue weighted by atomic mass is 9.92. The Bertz CT molecular complexity index is 195. The molecule has 0 aliphatic heterocycles. The van der Waals surface area contributed by atoms with Crippen molar-refractivity contribution in [3.63, 3.8) is 0 Å². The lowest BCUT2D eigenvalue weighted by Crippen LogP contribution is -2.47. The summed E-state index contributed by atoms with van der Waals surface area (Å²) in [5, 5.41) is 12.5. The summed E-state index contributed by atoms with van der Waals surface area (Å²) in [6, 6.07) is -0.0313. The normalized spacial score (nSPS) is 27.7. The summed E-state index contributed by atoms with van der Waals surface area (Å²) >= 11 is 0. The number of carbonyl (C=O) groups excluding carboxylic acids is 1. The molecule has 4 heteroatoms. The van der Waals surface area contributed by atoms with Gasteiger partial charge in [0.05, 0.1) is 18.7 Å². The molecule has 82 valence electrons. The molecule has 0 heterocycles. The van der Waals surface area contributed by atoms with E-state index in [4.69, 9.17) is 0 Å². The maximum atomic E-state index is 11.4. The topological polar surface area (TPSA) is 52.6 Å². The molecular weight excluding hydrogens is 180 g/mol. The molecule has 0 aromatic carbocycles. The second-order valence-electron chi connectivity index (χ2n) is 4.26. The van der Waals surface area contributed by atoms with Crippen LogP contribution in [-0.4, -0.2) is 48.7 Å². The Balaban J connectivity index is 2.31. The van der Waals surface area contributed by atoms with Gasteiger partial charge in [0.25, 0.3) is 0 Å². The molecule has 0 spiro atoms. The number of aliphatic hydroxyl groups is 1. The molecule has 0 radical (unpaired) electrons. The highest BCUT2D eigenvalue weighted by Crippen LogP contribution is 2.18. The van der Waals surface area contributed by atoms with Gasteiger partial charge < -0.3 is 15.3 Å². The van der Waals surface area contributed by atoms with Crippen LogP contribution in [0.5, 0.6) is 0 Å². The van der Waals surface area contributed by atoms with Crippen molar-refractivity contribution >= 4 is 5.91 Å². The fraction of sp³-hybridized carbons (Fsp3) is 0.900. The van der Waals surface area contributed by atoms with Crippen LogP contribution in [0.1, 0.15) is 25.7 Å². The van der Waals surface area contributed by atoms with E-state index >= 15 is 0 Å². The van der Waals surface area contributed by atoms with Crippen molar-refractivity contribution in [1.29, 1.82) is 0 Å². The highest BCUT2D eigenvalue weighted by atomic mass is 16.3. The molecule has 1 fully saturated rings. The van der Waals surface area contributed by atoms with E-state index in [9.17, 15) is 9.90 Å². The summed E-state index contributed by atoms with van der Waals surface area (Å²) in [5.74, 6) is 0.000880. The Labute approximate surface area is 85.3 Å². The van der Waals surface area contributed by atoms with Gasteiger partial charge in [0, 0.05) is 0 Å². The Morgan fingerprint density at radius 3 is 2.64 bits per heavy atom. The minimum atomic E-state index is -0.352. The largest absolute Gasteiger partial charge is 0.391 e. The quantitative estimate of drug-likeness (QED) is 0.672.